The van der Waals surface area contributed by atoms with Gasteiger partial charge in [-0.2, -0.15) is 0 Å². The third-order valence-corrected chi connectivity index (χ3v) is 16.9. The lowest BCUT2D eigenvalue weighted by atomic mass is 9.40. The molecule has 2 aromatic heterocycles. The van der Waals surface area contributed by atoms with Crippen molar-refractivity contribution in [3.8, 4) is 11.3 Å². The minimum Gasteiger partial charge on any atom is -0.455 e. The molecule has 0 spiro atoms. The zero-order chi connectivity index (χ0) is 32.1. The predicted molar refractivity (Wildman–Crippen MR) is 200 cm³/mol. The van der Waals surface area contributed by atoms with E-state index in [0.717, 1.165) is 93.4 Å². The highest BCUT2D eigenvalue weighted by atomic mass is 16.3. The maximum absolute atomic E-state index is 6.48. The van der Waals surface area contributed by atoms with Crippen LogP contribution in [0.1, 0.15) is 121 Å². The van der Waals surface area contributed by atoms with Crippen molar-refractivity contribution in [3.63, 3.8) is 0 Å². The molecule has 0 saturated heterocycles. The van der Waals surface area contributed by atoms with Gasteiger partial charge in [-0.05, 0) is 166 Å². The number of nitrogens with zero attached hydrogens (tertiary/aromatic N) is 1. The lowest BCUT2D eigenvalue weighted by Crippen LogP contribution is -2.57. The molecule has 0 amide bonds. The third-order valence-electron chi connectivity index (χ3n) is 16.9. The quantitative estimate of drug-likeness (QED) is 0.216. The van der Waals surface area contributed by atoms with Crippen LogP contribution in [0.15, 0.2) is 65.1 Å². The third kappa shape index (κ3) is 4.73. The van der Waals surface area contributed by atoms with Gasteiger partial charge in [0.1, 0.15) is 11.2 Å². The van der Waals surface area contributed by atoms with Crippen LogP contribution in [0.25, 0.3) is 33.2 Å². The summed E-state index contributed by atoms with van der Waals surface area (Å²) in [5.41, 5.74) is 5.55. The van der Waals surface area contributed by atoms with E-state index in [9.17, 15) is 0 Å². The fourth-order valence-corrected chi connectivity index (χ4v) is 15.4. The minimum atomic E-state index is 0.603. The Morgan fingerprint density at radius 3 is 1.59 bits per heavy atom. The molecule has 7 aliphatic carbocycles. The van der Waals surface area contributed by atoms with Crippen LogP contribution < -0.4 is 0 Å². The second kappa shape index (κ2) is 12.0. The Labute approximate surface area is 294 Å². The highest BCUT2D eigenvalue weighted by molar-refractivity contribution is 6.09. The first-order valence-electron chi connectivity index (χ1n) is 21.2. The van der Waals surface area contributed by atoms with E-state index in [1.165, 1.54) is 74.3 Å². The average Bonchev–Trinajstić information content (AvgIpc) is 3.56. The van der Waals surface area contributed by atoms with Crippen molar-refractivity contribution in [1.82, 2.24) is 4.98 Å². The van der Waals surface area contributed by atoms with Crippen LogP contribution in [-0.4, -0.2) is 4.98 Å². The Hall–Kier alpha value is -2.61. The highest BCUT2D eigenvalue weighted by Gasteiger charge is 2.60. The van der Waals surface area contributed by atoms with Crippen molar-refractivity contribution in [2.45, 2.75) is 115 Å². The molecule has 256 valence electrons. The number of pyridine rings is 1. The average molecular weight is 652 g/mol. The molecular weight excluding hydrogens is 595 g/mol. The van der Waals surface area contributed by atoms with Crippen molar-refractivity contribution in [2.24, 2.45) is 71.0 Å². The fourth-order valence-electron chi connectivity index (χ4n) is 15.4. The van der Waals surface area contributed by atoms with Gasteiger partial charge in [-0.15, -0.1) is 0 Å². The maximum atomic E-state index is 6.48. The number of fused-ring (bicyclic) bond motifs is 15. The number of hydrogen-bond donors (Lipinski definition) is 0. The molecule has 4 aromatic rings. The van der Waals surface area contributed by atoms with E-state index < -0.39 is 0 Å². The summed E-state index contributed by atoms with van der Waals surface area (Å²) >= 11 is 0. The van der Waals surface area contributed by atoms with Crippen molar-refractivity contribution in [1.29, 1.82) is 0 Å². The Morgan fingerprint density at radius 2 is 0.939 bits per heavy atom. The van der Waals surface area contributed by atoms with E-state index in [1.54, 1.807) is 51.4 Å². The zero-order valence-corrected chi connectivity index (χ0v) is 29.7. The van der Waals surface area contributed by atoms with Gasteiger partial charge in [0.25, 0.3) is 0 Å². The lowest BCUT2D eigenvalue weighted by molar-refractivity contribution is -0.155. The molecule has 13 unspecified atom stereocenters. The van der Waals surface area contributed by atoms with Crippen LogP contribution in [0.3, 0.4) is 0 Å². The van der Waals surface area contributed by atoms with Gasteiger partial charge >= 0.3 is 0 Å². The monoisotopic (exact) mass is 651 g/mol. The molecule has 2 heterocycles. The normalized spacial score (nSPS) is 41.5. The summed E-state index contributed by atoms with van der Waals surface area (Å²) < 4.78 is 6.48. The summed E-state index contributed by atoms with van der Waals surface area (Å²) in [6.07, 6.45) is 26.0. The van der Waals surface area contributed by atoms with Gasteiger partial charge in [0.15, 0.2) is 0 Å². The summed E-state index contributed by atoms with van der Waals surface area (Å²) in [4.78, 5) is 5.51. The van der Waals surface area contributed by atoms with E-state index in [0.29, 0.717) is 5.92 Å². The molecule has 2 aromatic carbocycles. The molecule has 2 heteroatoms. The van der Waals surface area contributed by atoms with Crippen LogP contribution in [0, 0.1) is 71.0 Å². The Bertz CT molecular complexity index is 1840. The van der Waals surface area contributed by atoms with E-state index in [2.05, 4.69) is 60.7 Å². The van der Waals surface area contributed by atoms with E-state index >= 15 is 0 Å². The molecule has 0 bridgehead atoms. The number of rotatable bonds is 2. The molecule has 0 radical (unpaired) electrons. The second-order valence-electron chi connectivity index (χ2n) is 18.5. The zero-order valence-electron chi connectivity index (χ0n) is 29.7. The minimum absolute atomic E-state index is 0.603. The van der Waals surface area contributed by atoms with Crippen molar-refractivity contribution in [3.05, 3.63) is 66.4 Å². The largest absolute Gasteiger partial charge is 0.455 e. The molecule has 11 rings (SSSR count). The molecule has 2 nitrogen and oxygen atoms in total. The molecule has 0 aliphatic heterocycles. The number of furan rings is 1. The van der Waals surface area contributed by atoms with Crippen molar-refractivity contribution >= 4 is 21.9 Å². The summed E-state index contributed by atoms with van der Waals surface area (Å²) in [7, 11) is 0. The topological polar surface area (TPSA) is 26.0 Å². The van der Waals surface area contributed by atoms with Gasteiger partial charge < -0.3 is 4.42 Å². The maximum Gasteiger partial charge on any atom is 0.144 e. The van der Waals surface area contributed by atoms with Crippen LogP contribution in [0.5, 0.6) is 0 Å². The second-order valence-corrected chi connectivity index (χ2v) is 18.5. The molecular formula is C47H57NO. The summed E-state index contributed by atoms with van der Waals surface area (Å²) in [5.74, 6) is 13.1. The van der Waals surface area contributed by atoms with Gasteiger partial charge in [-0.3, -0.25) is 4.98 Å². The predicted octanol–water partition coefficient (Wildman–Crippen LogP) is 12.9. The number of para-hydroxylation sites is 2. The fraction of sp³-hybridized carbons (Fsp3) is 0.638. The van der Waals surface area contributed by atoms with E-state index in [1.807, 2.05) is 0 Å². The molecule has 7 saturated carbocycles. The van der Waals surface area contributed by atoms with E-state index in [4.69, 9.17) is 9.40 Å². The van der Waals surface area contributed by atoms with Crippen LogP contribution in [0.2, 0.25) is 0 Å². The Kier molecular flexibility index (Phi) is 7.35. The first kappa shape index (κ1) is 30.1. The lowest BCUT2D eigenvalue weighted by Gasteiger charge is -2.65. The SMILES string of the molecule is c1cc(-c2cccc3c2oc2ccccc23)nc(C2CCC3C4CCCCC4C4CC5C6CCCCC6C6CCCCC6C5CC4C3C2)c1. The standard InChI is InChI=1S/C47H57NO/c1-4-14-32-29(11-1)30-12-2-5-15-33(30)41-27-43-39-25-28(23-24-35(39)31-13-3-6-16-34(31)42(43)26-40(32)41)44-20-10-21-45(48-44)38-19-9-18-37-36-17-7-8-22-46(36)49-47(37)38/h7-10,17-22,28-35,39-43H,1-6,11-16,23-27H2. The molecule has 7 aliphatic rings. The van der Waals surface area contributed by atoms with Crippen molar-refractivity contribution < 1.29 is 4.42 Å². The first-order chi connectivity index (χ1) is 24.3. The van der Waals surface area contributed by atoms with Gasteiger partial charge in [-0.25, -0.2) is 0 Å². The Morgan fingerprint density at radius 1 is 0.429 bits per heavy atom. The summed E-state index contributed by atoms with van der Waals surface area (Å²) in [5, 5.41) is 2.40. The van der Waals surface area contributed by atoms with Crippen LogP contribution in [0.4, 0.5) is 0 Å². The van der Waals surface area contributed by atoms with Gasteiger partial charge in [0, 0.05) is 27.9 Å². The van der Waals surface area contributed by atoms with Crippen LogP contribution >= 0.6 is 0 Å². The number of aromatic nitrogens is 1. The van der Waals surface area contributed by atoms with Crippen molar-refractivity contribution in [2.75, 3.05) is 0 Å². The summed E-state index contributed by atoms with van der Waals surface area (Å²) in [6, 6.07) is 22.0. The molecule has 7 fully saturated rings. The van der Waals surface area contributed by atoms with Gasteiger partial charge in [0.2, 0.25) is 0 Å². The summed E-state index contributed by atoms with van der Waals surface area (Å²) in [6.45, 7) is 0. The highest BCUT2D eigenvalue weighted by Crippen LogP contribution is 2.67. The van der Waals surface area contributed by atoms with Gasteiger partial charge in [-0.1, -0.05) is 74.9 Å². The number of hydrogen-bond acceptors (Lipinski definition) is 2. The number of benzene rings is 2. The first-order valence-corrected chi connectivity index (χ1v) is 21.2. The molecule has 0 N–H and O–H groups in total. The van der Waals surface area contributed by atoms with Gasteiger partial charge in [0.05, 0.1) is 5.69 Å². The smallest absolute Gasteiger partial charge is 0.144 e. The Balaban J connectivity index is 0.925. The molecule has 49 heavy (non-hydrogen) atoms. The van der Waals surface area contributed by atoms with Crippen LogP contribution in [-0.2, 0) is 0 Å². The molecule has 13 atom stereocenters. The van der Waals surface area contributed by atoms with E-state index in [-0.39, 0.29) is 0 Å².